The van der Waals surface area contributed by atoms with Crippen molar-refractivity contribution in [2.75, 3.05) is 13.1 Å². The van der Waals surface area contributed by atoms with Gasteiger partial charge in [-0.05, 0) is 43.9 Å². The van der Waals surface area contributed by atoms with Crippen LogP contribution in [0.5, 0.6) is 0 Å². The highest BCUT2D eigenvalue weighted by molar-refractivity contribution is 9.10. The number of urea groups is 1. The Balaban J connectivity index is 1.46. The Labute approximate surface area is 161 Å². The summed E-state index contributed by atoms with van der Waals surface area (Å²) in [5, 5.41) is 6.01. The van der Waals surface area contributed by atoms with Gasteiger partial charge < -0.3 is 15.5 Å². The van der Waals surface area contributed by atoms with Crippen LogP contribution < -0.4 is 10.6 Å². The van der Waals surface area contributed by atoms with E-state index in [4.69, 9.17) is 0 Å². The lowest BCUT2D eigenvalue weighted by Crippen LogP contribution is -2.51. The number of benzene rings is 1. The van der Waals surface area contributed by atoms with Gasteiger partial charge in [-0.2, -0.15) is 0 Å². The standard InChI is InChI=1S/C19H25BrFN3O2/c20-13-6-7-17(21)16(12-13)18(25)22-15-8-10-24(11-9-15)19(26)23-14-4-2-1-3-5-14/h6-7,12,14-15H,1-5,8-11H2,(H,22,25)(H,23,26). The molecule has 0 atom stereocenters. The lowest BCUT2D eigenvalue weighted by molar-refractivity contribution is 0.0913. The van der Waals surface area contributed by atoms with Crippen LogP contribution in [0.3, 0.4) is 0 Å². The Bertz CT molecular complexity index is 656. The molecule has 1 aliphatic carbocycles. The molecule has 2 fully saturated rings. The molecule has 0 unspecified atom stereocenters. The molecule has 1 aromatic carbocycles. The highest BCUT2D eigenvalue weighted by atomic mass is 79.9. The maximum Gasteiger partial charge on any atom is 0.317 e. The zero-order valence-corrected chi connectivity index (χ0v) is 16.4. The Morgan fingerprint density at radius 2 is 1.65 bits per heavy atom. The van der Waals surface area contributed by atoms with Gasteiger partial charge in [0.15, 0.2) is 0 Å². The molecule has 3 rings (SSSR count). The number of carbonyl (C=O) groups excluding carboxylic acids is 2. The van der Waals surface area contributed by atoms with Gasteiger partial charge in [0.1, 0.15) is 5.82 Å². The summed E-state index contributed by atoms with van der Waals surface area (Å²) >= 11 is 3.26. The normalized spacial score (nSPS) is 19.2. The molecule has 1 saturated carbocycles. The van der Waals surface area contributed by atoms with Crippen LogP contribution in [-0.2, 0) is 0 Å². The number of piperidine rings is 1. The van der Waals surface area contributed by atoms with Gasteiger partial charge in [0.2, 0.25) is 0 Å². The van der Waals surface area contributed by atoms with Crippen molar-refractivity contribution in [2.45, 2.75) is 57.0 Å². The predicted molar refractivity (Wildman–Crippen MR) is 102 cm³/mol. The van der Waals surface area contributed by atoms with Crippen LogP contribution in [0.1, 0.15) is 55.3 Å². The minimum Gasteiger partial charge on any atom is -0.349 e. The second-order valence-corrected chi connectivity index (χ2v) is 8.06. The van der Waals surface area contributed by atoms with Crippen LogP contribution in [0.2, 0.25) is 0 Å². The Hall–Kier alpha value is -1.63. The van der Waals surface area contributed by atoms with E-state index in [0.717, 1.165) is 12.8 Å². The molecule has 1 aliphatic heterocycles. The van der Waals surface area contributed by atoms with E-state index in [1.54, 1.807) is 6.07 Å². The van der Waals surface area contributed by atoms with Crippen molar-refractivity contribution in [3.8, 4) is 0 Å². The van der Waals surface area contributed by atoms with Crippen LogP contribution in [0.25, 0.3) is 0 Å². The average molecular weight is 426 g/mol. The van der Waals surface area contributed by atoms with Crippen LogP contribution >= 0.6 is 15.9 Å². The first-order chi connectivity index (χ1) is 12.5. The van der Waals surface area contributed by atoms with Crippen molar-refractivity contribution in [1.29, 1.82) is 0 Å². The third kappa shape index (κ3) is 4.96. The third-order valence-corrected chi connectivity index (χ3v) is 5.72. The van der Waals surface area contributed by atoms with Crippen LogP contribution in [0.4, 0.5) is 9.18 Å². The molecule has 0 bridgehead atoms. The maximum atomic E-state index is 13.8. The quantitative estimate of drug-likeness (QED) is 0.772. The van der Waals surface area contributed by atoms with Gasteiger partial charge in [-0.1, -0.05) is 35.2 Å². The molecule has 2 aliphatic rings. The number of halogens is 2. The van der Waals surface area contributed by atoms with Crippen LogP contribution in [-0.4, -0.2) is 42.0 Å². The fraction of sp³-hybridized carbons (Fsp3) is 0.579. The lowest BCUT2D eigenvalue weighted by Gasteiger charge is -2.34. The molecule has 1 aromatic rings. The second kappa shape index (κ2) is 8.84. The third-order valence-electron chi connectivity index (χ3n) is 5.22. The summed E-state index contributed by atoms with van der Waals surface area (Å²) in [6, 6.07) is 4.58. The first-order valence-corrected chi connectivity index (χ1v) is 10.1. The van der Waals surface area contributed by atoms with Crippen LogP contribution in [0, 0.1) is 5.82 Å². The SMILES string of the molecule is O=C(NC1CCN(C(=O)NC2CCCCC2)CC1)c1cc(Br)ccc1F. The number of nitrogens with zero attached hydrogens (tertiary/aromatic N) is 1. The Morgan fingerprint density at radius 3 is 2.35 bits per heavy atom. The summed E-state index contributed by atoms with van der Waals surface area (Å²) in [7, 11) is 0. The molecule has 7 heteroatoms. The molecular formula is C19H25BrFN3O2. The van der Waals surface area contributed by atoms with Crippen LogP contribution in [0.15, 0.2) is 22.7 Å². The number of amides is 3. The first kappa shape index (κ1) is 19.1. The van der Waals surface area contributed by atoms with Gasteiger partial charge >= 0.3 is 6.03 Å². The molecule has 0 radical (unpaired) electrons. The summed E-state index contributed by atoms with van der Waals surface area (Å²) in [5.74, 6) is -0.941. The molecule has 2 N–H and O–H groups in total. The smallest absolute Gasteiger partial charge is 0.317 e. The molecule has 5 nitrogen and oxygen atoms in total. The summed E-state index contributed by atoms with van der Waals surface area (Å²) in [4.78, 5) is 26.5. The van der Waals surface area contributed by atoms with Crippen molar-refractivity contribution in [3.63, 3.8) is 0 Å². The van der Waals surface area contributed by atoms with E-state index in [0.29, 0.717) is 36.4 Å². The number of rotatable bonds is 3. The number of likely N-dealkylation sites (tertiary alicyclic amines) is 1. The van der Waals surface area contributed by atoms with E-state index in [1.165, 1.54) is 31.4 Å². The van der Waals surface area contributed by atoms with Crippen molar-refractivity contribution in [2.24, 2.45) is 0 Å². The molecular weight excluding hydrogens is 401 g/mol. The highest BCUT2D eigenvalue weighted by Crippen LogP contribution is 2.19. The molecule has 0 aromatic heterocycles. The Kier molecular flexibility index (Phi) is 6.51. The zero-order valence-electron chi connectivity index (χ0n) is 14.8. The summed E-state index contributed by atoms with van der Waals surface area (Å²) in [6.07, 6.45) is 7.12. The minimum atomic E-state index is -0.532. The van der Waals surface area contributed by atoms with Gasteiger partial charge in [0.05, 0.1) is 5.56 Å². The summed E-state index contributed by atoms with van der Waals surface area (Å²) in [6.45, 7) is 1.20. The zero-order chi connectivity index (χ0) is 18.5. The van der Waals surface area contributed by atoms with Crippen molar-refractivity contribution < 1.29 is 14.0 Å². The fourth-order valence-electron chi connectivity index (χ4n) is 3.67. The lowest BCUT2D eigenvalue weighted by atomic mass is 9.95. The monoisotopic (exact) mass is 425 g/mol. The van der Waals surface area contributed by atoms with Crippen molar-refractivity contribution in [3.05, 3.63) is 34.1 Å². The van der Waals surface area contributed by atoms with Crippen molar-refractivity contribution >= 4 is 27.9 Å². The van der Waals surface area contributed by atoms with E-state index in [-0.39, 0.29) is 17.6 Å². The molecule has 3 amide bonds. The van der Waals surface area contributed by atoms with E-state index >= 15 is 0 Å². The second-order valence-electron chi connectivity index (χ2n) is 7.14. The van der Waals surface area contributed by atoms with Gasteiger partial charge in [-0.3, -0.25) is 4.79 Å². The summed E-state index contributed by atoms with van der Waals surface area (Å²) in [5.41, 5.74) is 0.0387. The fourth-order valence-corrected chi connectivity index (χ4v) is 4.04. The van der Waals surface area contributed by atoms with E-state index < -0.39 is 11.7 Å². The number of hydrogen-bond donors (Lipinski definition) is 2. The molecule has 1 heterocycles. The van der Waals surface area contributed by atoms with Gasteiger partial charge in [-0.25, -0.2) is 9.18 Å². The van der Waals surface area contributed by atoms with E-state index in [2.05, 4.69) is 26.6 Å². The topological polar surface area (TPSA) is 61.4 Å². The van der Waals surface area contributed by atoms with Gasteiger partial charge in [-0.15, -0.1) is 0 Å². The number of nitrogens with one attached hydrogen (secondary N) is 2. The van der Waals surface area contributed by atoms with Crippen molar-refractivity contribution in [1.82, 2.24) is 15.5 Å². The Morgan fingerprint density at radius 1 is 1.00 bits per heavy atom. The van der Waals surface area contributed by atoms with Gasteiger partial charge in [0.25, 0.3) is 5.91 Å². The highest BCUT2D eigenvalue weighted by Gasteiger charge is 2.26. The van der Waals surface area contributed by atoms with Gasteiger partial charge in [0, 0.05) is 29.6 Å². The number of carbonyl (C=O) groups is 2. The largest absolute Gasteiger partial charge is 0.349 e. The van der Waals surface area contributed by atoms with E-state index in [1.807, 2.05) is 4.90 Å². The minimum absolute atomic E-state index is 0.000268. The molecule has 142 valence electrons. The molecule has 26 heavy (non-hydrogen) atoms. The first-order valence-electron chi connectivity index (χ1n) is 9.34. The summed E-state index contributed by atoms with van der Waals surface area (Å²) < 4.78 is 14.5. The molecule has 0 spiro atoms. The number of hydrogen-bond acceptors (Lipinski definition) is 2. The molecule has 1 saturated heterocycles. The maximum absolute atomic E-state index is 13.8. The van der Waals surface area contributed by atoms with E-state index in [9.17, 15) is 14.0 Å². The predicted octanol–water partition coefficient (Wildman–Crippen LogP) is 3.82. The average Bonchev–Trinajstić information content (AvgIpc) is 2.65.